The van der Waals surface area contributed by atoms with Crippen LogP contribution in [0.15, 0.2) is 67.5 Å². The Labute approximate surface area is 231 Å². The number of carbonyl (C=O) groups is 1. The number of hydrogen-bond donors (Lipinski definition) is 3. The first-order chi connectivity index (χ1) is 19.6. The molecule has 0 aliphatic heterocycles. The van der Waals surface area contributed by atoms with E-state index < -0.39 is 0 Å². The van der Waals surface area contributed by atoms with Gasteiger partial charge in [-0.25, -0.2) is 9.97 Å². The van der Waals surface area contributed by atoms with E-state index in [9.17, 15) is 4.79 Å². The summed E-state index contributed by atoms with van der Waals surface area (Å²) in [4.78, 5) is 29.6. The van der Waals surface area contributed by atoms with Crippen LogP contribution in [-0.2, 0) is 4.79 Å². The summed E-state index contributed by atoms with van der Waals surface area (Å²) in [5.41, 5.74) is 7.21. The van der Waals surface area contributed by atoms with Crippen LogP contribution in [0, 0.1) is 12.8 Å². The molecule has 0 spiro atoms. The van der Waals surface area contributed by atoms with E-state index in [0.717, 1.165) is 74.4 Å². The van der Waals surface area contributed by atoms with Gasteiger partial charge in [-0.15, -0.1) is 0 Å². The van der Waals surface area contributed by atoms with Crippen molar-refractivity contribution in [3.05, 3.63) is 73.2 Å². The van der Waals surface area contributed by atoms with Gasteiger partial charge in [0, 0.05) is 41.3 Å². The monoisotopic (exact) mass is 530 g/mol. The van der Waals surface area contributed by atoms with Gasteiger partial charge in [-0.05, 0) is 61.6 Å². The second-order valence-corrected chi connectivity index (χ2v) is 10.8. The van der Waals surface area contributed by atoms with Crippen LogP contribution in [0.3, 0.4) is 0 Å². The lowest BCUT2D eigenvalue weighted by atomic mass is 9.87. The fourth-order valence-electron chi connectivity index (χ4n) is 5.84. The molecule has 1 saturated carbocycles. The zero-order valence-corrected chi connectivity index (χ0v) is 22.3. The molecule has 0 saturated heterocycles. The first kappa shape index (κ1) is 24.3. The molecular formula is C31H30N8O. The molecule has 1 aliphatic carbocycles. The van der Waals surface area contributed by atoms with Crippen molar-refractivity contribution >= 4 is 33.4 Å². The van der Waals surface area contributed by atoms with Crippen molar-refractivity contribution in [3.63, 3.8) is 0 Å². The Bertz CT molecular complexity index is 1840. The molecule has 5 aromatic heterocycles. The van der Waals surface area contributed by atoms with Gasteiger partial charge >= 0.3 is 0 Å². The highest BCUT2D eigenvalue weighted by Crippen LogP contribution is 2.33. The van der Waals surface area contributed by atoms with Crippen molar-refractivity contribution in [3.8, 4) is 28.3 Å². The summed E-state index contributed by atoms with van der Waals surface area (Å²) < 4.78 is 1.93. The van der Waals surface area contributed by atoms with Crippen molar-refractivity contribution in [2.45, 2.75) is 45.4 Å². The summed E-state index contributed by atoms with van der Waals surface area (Å²) in [7, 11) is 0. The number of nitrogens with one attached hydrogen (secondary N) is 3. The summed E-state index contributed by atoms with van der Waals surface area (Å²) in [5, 5.41) is 12.9. The van der Waals surface area contributed by atoms with Gasteiger partial charge in [-0.3, -0.25) is 19.4 Å². The molecule has 9 heteroatoms. The number of benzene rings is 1. The molecule has 1 amide bonds. The Morgan fingerprint density at radius 2 is 1.90 bits per heavy atom. The van der Waals surface area contributed by atoms with Crippen LogP contribution in [-0.4, -0.2) is 40.6 Å². The Balaban J connectivity index is 1.19. The third-order valence-electron chi connectivity index (χ3n) is 7.86. The Hall–Kier alpha value is -4.79. The molecule has 6 aromatic rings. The van der Waals surface area contributed by atoms with Gasteiger partial charge in [0.1, 0.15) is 17.8 Å². The zero-order chi connectivity index (χ0) is 27.1. The van der Waals surface area contributed by atoms with Crippen LogP contribution < -0.4 is 5.32 Å². The molecule has 1 fully saturated rings. The number of imidazole rings is 1. The average Bonchev–Trinajstić information content (AvgIpc) is 3.71. The second-order valence-electron chi connectivity index (χ2n) is 10.8. The van der Waals surface area contributed by atoms with Gasteiger partial charge in [0.25, 0.3) is 0 Å². The number of pyridine rings is 2. The van der Waals surface area contributed by atoms with Crippen LogP contribution in [0.1, 0.15) is 44.2 Å². The molecule has 1 aromatic carbocycles. The summed E-state index contributed by atoms with van der Waals surface area (Å²) in [6, 6.07) is 12.2. The molecule has 7 rings (SSSR count). The highest BCUT2D eigenvalue weighted by atomic mass is 16.1. The third kappa shape index (κ3) is 4.64. The van der Waals surface area contributed by atoms with Crippen molar-refractivity contribution in [2.75, 3.05) is 5.32 Å². The maximum Gasteiger partial charge on any atom is 0.224 e. The minimum Gasteiger partial charge on any atom is -0.353 e. The Morgan fingerprint density at radius 1 is 1.00 bits per heavy atom. The minimum atomic E-state index is 0.0666. The number of hydrogen-bond acceptors (Lipinski definition) is 5. The van der Waals surface area contributed by atoms with Crippen molar-refractivity contribution in [1.82, 2.24) is 34.7 Å². The first-order valence-corrected chi connectivity index (χ1v) is 13.8. The summed E-state index contributed by atoms with van der Waals surface area (Å²) >= 11 is 0. The van der Waals surface area contributed by atoms with Gasteiger partial charge in [0.05, 0.1) is 34.3 Å². The molecule has 0 bridgehead atoms. The van der Waals surface area contributed by atoms with E-state index in [1.54, 1.807) is 18.7 Å². The fourth-order valence-corrected chi connectivity index (χ4v) is 5.84. The number of nitrogens with zero attached hydrogens (tertiary/aromatic N) is 5. The minimum absolute atomic E-state index is 0.0666. The van der Waals surface area contributed by atoms with Crippen LogP contribution in [0.4, 0.5) is 5.69 Å². The van der Waals surface area contributed by atoms with E-state index in [1.165, 1.54) is 19.3 Å². The predicted molar refractivity (Wildman–Crippen MR) is 156 cm³/mol. The number of aryl methyl sites for hydroxylation is 1. The maximum atomic E-state index is 12.7. The number of aromatic nitrogens is 7. The number of carbonyl (C=O) groups excluding carboxylic acids is 1. The van der Waals surface area contributed by atoms with E-state index in [0.29, 0.717) is 12.3 Å². The van der Waals surface area contributed by atoms with Crippen LogP contribution >= 0.6 is 0 Å². The number of amides is 1. The molecule has 1 aliphatic rings. The number of anilines is 1. The molecule has 0 unspecified atom stereocenters. The SMILES string of the molecule is Cc1cn(-c2nccc3[nH]c(-c4n[nH]c5ccc(-c6cncc(NC(=O)CC7CCCCC7)c6)cc45)cc23)cn1. The van der Waals surface area contributed by atoms with Crippen molar-refractivity contribution in [2.24, 2.45) is 5.92 Å². The van der Waals surface area contributed by atoms with E-state index in [4.69, 9.17) is 0 Å². The summed E-state index contributed by atoms with van der Waals surface area (Å²) in [6.07, 6.45) is 15.7. The molecule has 5 heterocycles. The van der Waals surface area contributed by atoms with Crippen molar-refractivity contribution < 1.29 is 4.79 Å². The standard InChI is InChI=1S/C31H30N8O/c1-19-17-39(18-34-19)31-25-14-28(36-26(25)9-10-33-31)30-24-13-21(7-8-27(24)37-38-30)22-12-23(16-32-15-22)35-29(40)11-20-5-3-2-4-6-20/h7-10,12-18,20,36H,2-6,11H2,1H3,(H,35,40)(H,37,38). The quantitative estimate of drug-likeness (QED) is 0.225. The van der Waals surface area contributed by atoms with E-state index in [1.807, 2.05) is 48.1 Å². The van der Waals surface area contributed by atoms with Gasteiger partial charge in [0.15, 0.2) is 0 Å². The summed E-state index contributed by atoms with van der Waals surface area (Å²) in [5.74, 6) is 1.37. The molecular weight excluding hydrogens is 500 g/mol. The maximum absolute atomic E-state index is 12.7. The number of fused-ring (bicyclic) bond motifs is 2. The molecule has 40 heavy (non-hydrogen) atoms. The topological polar surface area (TPSA) is 117 Å². The lowest BCUT2D eigenvalue weighted by Gasteiger charge is -2.20. The number of H-pyrrole nitrogens is 2. The van der Waals surface area contributed by atoms with Crippen LogP contribution in [0.25, 0.3) is 50.1 Å². The number of rotatable bonds is 6. The molecule has 9 nitrogen and oxygen atoms in total. The number of aromatic amines is 2. The van der Waals surface area contributed by atoms with Gasteiger partial charge in [-0.1, -0.05) is 25.3 Å². The first-order valence-electron chi connectivity index (χ1n) is 13.8. The lowest BCUT2D eigenvalue weighted by Crippen LogP contribution is -2.18. The predicted octanol–water partition coefficient (Wildman–Crippen LogP) is 6.57. The highest BCUT2D eigenvalue weighted by molar-refractivity contribution is 5.99. The highest BCUT2D eigenvalue weighted by Gasteiger charge is 2.18. The Morgan fingerprint density at radius 3 is 2.75 bits per heavy atom. The van der Waals surface area contributed by atoms with Crippen molar-refractivity contribution in [1.29, 1.82) is 0 Å². The van der Waals surface area contributed by atoms with Gasteiger partial charge in [-0.2, -0.15) is 5.10 Å². The summed E-state index contributed by atoms with van der Waals surface area (Å²) in [6.45, 7) is 1.96. The zero-order valence-electron chi connectivity index (χ0n) is 22.3. The second kappa shape index (κ2) is 10.1. The third-order valence-corrected chi connectivity index (χ3v) is 7.86. The average molecular weight is 531 g/mol. The van der Waals surface area contributed by atoms with Crippen LogP contribution in [0.5, 0.6) is 0 Å². The Kier molecular flexibility index (Phi) is 6.11. The largest absolute Gasteiger partial charge is 0.353 e. The van der Waals surface area contributed by atoms with Crippen LogP contribution in [0.2, 0.25) is 0 Å². The molecule has 0 atom stereocenters. The molecule has 3 N–H and O–H groups in total. The van der Waals surface area contributed by atoms with E-state index in [2.05, 4.69) is 47.6 Å². The molecule has 0 radical (unpaired) electrons. The van der Waals surface area contributed by atoms with E-state index >= 15 is 0 Å². The van der Waals surface area contributed by atoms with E-state index in [-0.39, 0.29) is 5.91 Å². The smallest absolute Gasteiger partial charge is 0.224 e. The normalized spacial score (nSPS) is 14.2. The fraction of sp³-hybridized carbons (Fsp3) is 0.258. The van der Waals surface area contributed by atoms with Gasteiger partial charge in [0.2, 0.25) is 5.91 Å². The van der Waals surface area contributed by atoms with Gasteiger partial charge < -0.3 is 10.3 Å². The lowest BCUT2D eigenvalue weighted by molar-refractivity contribution is -0.117. The molecule has 200 valence electrons.